The normalized spacial score (nSPS) is 21.9. The summed E-state index contributed by atoms with van der Waals surface area (Å²) < 4.78 is 49.8. The molecule has 4 rings (SSSR count). The first kappa shape index (κ1) is 38.8. The fraction of sp³-hybridized carbons (Fsp3) is 0.395. The minimum atomic E-state index is -1.31. The zero-order valence-corrected chi connectivity index (χ0v) is 30.4. The summed E-state index contributed by atoms with van der Waals surface area (Å²) in [6.45, 7) is 9.18. The minimum absolute atomic E-state index is 0.00204. The number of hydrogen-bond donors (Lipinski definition) is 3. The van der Waals surface area contributed by atoms with Crippen molar-refractivity contribution in [3.05, 3.63) is 99.1 Å². The van der Waals surface area contributed by atoms with E-state index in [-0.39, 0.29) is 56.2 Å². The molecule has 0 spiro atoms. The van der Waals surface area contributed by atoms with Crippen molar-refractivity contribution in [2.24, 2.45) is 21.1 Å². The van der Waals surface area contributed by atoms with Crippen molar-refractivity contribution in [3.63, 3.8) is 0 Å². The molecule has 2 aromatic carbocycles. The third-order valence-corrected chi connectivity index (χ3v) is 10.8. The molecule has 2 bridgehead atoms. The Morgan fingerprint density at radius 1 is 1.22 bits per heavy atom. The Hall–Kier alpha value is -3.96. The zero-order chi connectivity index (χ0) is 36.6. The Morgan fingerprint density at radius 2 is 1.98 bits per heavy atom. The quantitative estimate of drug-likeness (QED) is 0.250. The van der Waals surface area contributed by atoms with Crippen LogP contribution in [-0.4, -0.2) is 53.0 Å². The number of carboxylic acid groups (broad SMARTS) is 1. The van der Waals surface area contributed by atoms with Gasteiger partial charge in [0.25, 0.3) is 0 Å². The van der Waals surface area contributed by atoms with Gasteiger partial charge < -0.3 is 20.6 Å². The summed E-state index contributed by atoms with van der Waals surface area (Å²) in [6, 6.07) is 11.8. The van der Waals surface area contributed by atoms with Crippen LogP contribution in [-0.2, 0) is 16.6 Å². The van der Waals surface area contributed by atoms with Gasteiger partial charge in [0.1, 0.15) is 29.8 Å². The minimum Gasteiger partial charge on any atom is -0.481 e. The van der Waals surface area contributed by atoms with Crippen molar-refractivity contribution in [1.29, 1.82) is 0 Å². The van der Waals surface area contributed by atoms with Gasteiger partial charge in [-0.1, -0.05) is 62.7 Å². The lowest BCUT2D eigenvalue weighted by Crippen LogP contribution is -2.40. The smallest absolute Gasteiger partial charge is 0.303 e. The Kier molecular flexibility index (Phi) is 13.1. The molecule has 7 nitrogen and oxygen atoms in total. The highest BCUT2D eigenvalue weighted by Gasteiger charge is 2.33. The molecule has 0 aliphatic carbocycles. The molecule has 0 unspecified atom stereocenters. The van der Waals surface area contributed by atoms with E-state index in [1.54, 1.807) is 11.8 Å². The first-order chi connectivity index (χ1) is 23.7. The number of H-pyrrole nitrogens is 1. The van der Waals surface area contributed by atoms with Crippen molar-refractivity contribution >= 4 is 52.4 Å². The van der Waals surface area contributed by atoms with Crippen molar-refractivity contribution in [3.8, 4) is 5.75 Å². The van der Waals surface area contributed by atoms with Gasteiger partial charge in [-0.05, 0) is 78.9 Å². The summed E-state index contributed by atoms with van der Waals surface area (Å²) in [6.07, 6.45) is 4.39. The van der Waals surface area contributed by atoms with E-state index in [2.05, 4.69) is 30.4 Å². The first-order valence-corrected chi connectivity index (χ1v) is 17.9. The van der Waals surface area contributed by atoms with Crippen LogP contribution >= 0.6 is 23.4 Å². The van der Waals surface area contributed by atoms with E-state index in [9.17, 15) is 18.7 Å². The molecule has 0 fully saturated rings. The third-order valence-electron chi connectivity index (χ3n) is 8.99. The van der Waals surface area contributed by atoms with E-state index in [1.807, 2.05) is 31.2 Å². The van der Waals surface area contributed by atoms with Crippen molar-refractivity contribution in [1.82, 2.24) is 4.98 Å². The standard InChI is InChI=1S/C38H44ClF3N4O3S/c1-23-27(33-29(39)21-45-34(33)31(42)20-40)14-17-50-22-37(2,3)15-7-16-38(4,25-9-6-8-24(18-25)10-13-32(47)48)36(43)46-35(44-5)28-19-26(49-23)11-12-30(28)41/h6,8-9,11-12,18-19,21,45H,1,7,10,13-17,20,22H2,2-5H3,(H,47,48)(H2,43,44,46)/b33-27-,34-31-/t38-/m1/s1. The van der Waals surface area contributed by atoms with Crippen molar-refractivity contribution < 1.29 is 27.8 Å². The number of allylic oxidation sites excluding steroid dienone is 1. The fourth-order valence-corrected chi connectivity index (χ4v) is 7.50. The maximum atomic E-state index is 15.5. The highest BCUT2D eigenvalue weighted by Crippen LogP contribution is 2.36. The number of benzene rings is 2. The van der Waals surface area contributed by atoms with E-state index >= 15 is 4.39 Å². The van der Waals surface area contributed by atoms with Gasteiger partial charge in [0.15, 0.2) is 11.7 Å². The second-order valence-electron chi connectivity index (χ2n) is 13.4. The number of aromatic amines is 1. The highest BCUT2D eigenvalue weighted by atomic mass is 35.5. The number of nitrogens with two attached hydrogens (primary N) is 1. The lowest BCUT2D eigenvalue weighted by molar-refractivity contribution is -0.136. The molecule has 1 atom stereocenters. The number of hydrogen-bond acceptors (Lipinski definition) is 5. The molecule has 3 aromatic rings. The van der Waals surface area contributed by atoms with Gasteiger partial charge in [0.2, 0.25) is 0 Å². The van der Waals surface area contributed by atoms with Crippen molar-refractivity contribution in [2.75, 3.05) is 25.2 Å². The number of aromatic nitrogens is 1. The molecule has 4 N–H and O–H groups in total. The van der Waals surface area contributed by atoms with Crippen LogP contribution in [0, 0.1) is 11.2 Å². The van der Waals surface area contributed by atoms with E-state index < -0.39 is 29.7 Å². The highest BCUT2D eigenvalue weighted by molar-refractivity contribution is 7.99. The Bertz CT molecular complexity index is 1920. The molecule has 0 radical (unpaired) electrons. The average Bonchev–Trinajstić information content (AvgIpc) is 3.46. The third kappa shape index (κ3) is 9.42. The molecular formula is C38H44ClF3N4O3S. The number of amidine groups is 2. The van der Waals surface area contributed by atoms with Gasteiger partial charge in [-0.3, -0.25) is 9.79 Å². The number of nitrogens with one attached hydrogen (secondary N) is 1. The molecule has 268 valence electrons. The molecule has 1 aliphatic rings. The van der Waals surface area contributed by atoms with Crippen LogP contribution in [0.2, 0.25) is 5.02 Å². The van der Waals surface area contributed by atoms with Crippen LogP contribution in [0.5, 0.6) is 5.75 Å². The largest absolute Gasteiger partial charge is 0.481 e. The fourth-order valence-electron chi connectivity index (χ4n) is 6.05. The number of fused-ring (bicyclic) bond motifs is 2. The number of alkyl halides is 1. The van der Waals surface area contributed by atoms with Gasteiger partial charge in [0.05, 0.1) is 15.9 Å². The second kappa shape index (κ2) is 16.8. The molecule has 0 saturated carbocycles. The van der Waals surface area contributed by atoms with Crippen LogP contribution in [0.4, 0.5) is 13.2 Å². The van der Waals surface area contributed by atoms with Gasteiger partial charge in [0, 0.05) is 35.9 Å². The Morgan fingerprint density at radius 3 is 2.68 bits per heavy atom. The van der Waals surface area contributed by atoms with Crippen LogP contribution in [0.1, 0.15) is 69.6 Å². The number of nitrogens with zero attached hydrogens (tertiary/aromatic N) is 2. The molecule has 12 heteroatoms. The van der Waals surface area contributed by atoms with Crippen LogP contribution in [0.15, 0.2) is 71.0 Å². The second-order valence-corrected chi connectivity index (χ2v) is 14.9. The van der Waals surface area contributed by atoms with E-state index in [4.69, 9.17) is 27.1 Å². The number of thioether (sulfide) groups is 1. The summed E-state index contributed by atoms with van der Waals surface area (Å²) in [5, 5.41) is 9.63. The summed E-state index contributed by atoms with van der Waals surface area (Å²) in [4.78, 5) is 23.0. The van der Waals surface area contributed by atoms with E-state index in [1.165, 1.54) is 31.4 Å². The van der Waals surface area contributed by atoms with Crippen LogP contribution in [0.25, 0.3) is 11.4 Å². The molecule has 2 heterocycles. The van der Waals surface area contributed by atoms with Gasteiger partial charge >= 0.3 is 5.97 Å². The number of aliphatic imine (C=N–C) groups is 2. The molecule has 1 aromatic heterocycles. The SMILES string of the molecule is C=C1Oc2ccc(F)c(c2)C(=NC)N=C(N)[C@@](C)(c2cccc(CCC(=O)O)c2)CCCC(C)(C)CSCC/C1=c1\c(Cl)c[nH]\c1=C(/F)CF. The number of halogens is 4. The predicted octanol–water partition coefficient (Wildman–Crippen LogP) is 7.64. The zero-order valence-electron chi connectivity index (χ0n) is 28.8. The molecule has 0 saturated heterocycles. The topological polar surface area (TPSA) is 113 Å². The number of rotatable bonds is 5. The lowest BCUT2D eigenvalue weighted by atomic mass is 9.75. The maximum Gasteiger partial charge on any atom is 0.303 e. The number of carboxylic acids is 1. The van der Waals surface area contributed by atoms with Gasteiger partial charge in [-0.2, -0.15) is 11.8 Å². The summed E-state index contributed by atoms with van der Waals surface area (Å²) in [7, 11) is 1.49. The number of ether oxygens (including phenoxy) is 1. The van der Waals surface area contributed by atoms with Gasteiger partial charge in [-0.15, -0.1) is 0 Å². The number of carbonyl (C=O) groups is 1. The Balaban J connectivity index is 1.86. The summed E-state index contributed by atoms with van der Waals surface area (Å²) >= 11 is 8.22. The van der Waals surface area contributed by atoms with Gasteiger partial charge in [-0.25, -0.2) is 18.2 Å². The molecule has 50 heavy (non-hydrogen) atoms. The maximum absolute atomic E-state index is 15.5. The summed E-state index contributed by atoms with van der Waals surface area (Å²) in [5.41, 5.74) is 8.24. The first-order valence-electron chi connectivity index (χ1n) is 16.4. The molecule has 0 amide bonds. The number of aliphatic carboxylic acids is 1. The average molecular weight is 729 g/mol. The van der Waals surface area contributed by atoms with E-state index in [0.717, 1.165) is 29.7 Å². The molecular weight excluding hydrogens is 685 g/mol. The van der Waals surface area contributed by atoms with E-state index in [0.29, 0.717) is 30.6 Å². The van der Waals surface area contributed by atoms with Crippen molar-refractivity contribution in [2.45, 2.75) is 64.7 Å². The molecule has 1 aliphatic heterocycles. The summed E-state index contributed by atoms with van der Waals surface area (Å²) in [5.74, 6) is -0.428. The predicted molar refractivity (Wildman–Crippen MR) is 199 cm³/mol. The Labute approximate surface area is 300 Å². The lowest BCUT2D eigenvalue weighted by Gasteiger charge is -2.32. The van der Waals surface area contributed by atoms with Crippen LogP contribution < -0.4 is 21.0 Å². The van der Waals surface area contributed by atoms with Crippen LogP contribution in [0.3, 0.4) is 0 Å². The monoisotopic (exact) mass is 728 g/mol. The number of aryl methyl sites for hydroxylation is 1.